The molecule has 4 heteroatoms. The molecule has 1 aromatic heterocycles. The molecule has 3 nitrogen and oxygen atoms in total. The molecule has 0 aliphatic heterocycles. The first-order valence-corrected chi connectivity index (χ1v) is 4.55. The largest absolute Gasteiger partial charge is 0.478 e. The number of carboxylic acids is 1. The minimum Gasteiger partial charge on any atom is -0.478 e. The fraction of sp³-hybridized carbons (Fsp3) is 0.111. The number of benzene rings is 1. The van der Waals surface area contributed by atoms with E-state index in [0.717, 1.165) is 15.8 Å². The molecule has 66 valence electrons. The number of fused-ring (bicyclic) bond motifs is 1. The molecule has 0 saturated heterocycles. The number of rotatable bonds is 1. The van der Waals surface area contributed by atoms with Crippen LogP contribution in [-0.4, -0.2) is 15.4 Å². The highest BCUT2D eigenvalue weighted by molar-refractivity contribution is 7.07. The lowest BCUT2D eigenvalue weighted by molar-refractivity contribution is 0.0697. The number of aromatic nitrogens is 1. The van der Waals surface area contributed by atoms with Crippen LogP contribution in [0, 0.1) is 6.92 Å². The molecule has 2 rings (SSSR count). The van der Waals surface area contributed by atoms with Gasteiger partial charge in [0.05, 0.1) is 11.1 Å². The Hall–Kier alpha value is -1.42. The van der Waals surface area contributed by atoms with E-state index in [9.17, 15) is 4.79 Å². The minimum atomic E-state index is -0.896. The summed E-state index contributed by atoms with van der Waals surface area (Å²) in [6.07, 6.45) is 0. The Morgan fingerprint density at radius 3 is 3.00 bits per heavy atom. The second-order valence-electron chi connectivity index (χ2n) is 2.78. The van der Waals surface area contributed by atoms with Crippen molar-refractivity contribution >= 4 is 28.4 Å². The van der Waals surface area contributed by atoms with Gasteiger partial charge in [-0.15, -0.1) is 0 Å². The Morgan fingerprint density at radius 1 is 1.54 bits per heavy atom. The minimum absolute atomic E-state index is 0.316. The zero-order valence-corrected chi connectivity index (χ0v) is 7.76. The van der Waals surface area contributed by atoms with Crippen molar-refractivity contribution in [2.75, 3.05) is 0 Å². The summed E-state index contributed by atoms with van der Waals surface area (Å²) in [5, 5.41) is 9.69. The van der Waals surface area contributed by atoms with E-state index in [1.165, 1.54) is 11.5 Å². The third kappa shape index (κ3) is 1.29. The summed E-state index contributed by atoms with van der Waals surface area (Å²) in [5.41, 5.74) is 1.18. The maximum absolute atomic E-state index is 10.7. The van der Waals surface area contributed by atoms with Gasteiger partial charge in [0.1, 0.15) is 0 Å². The van der Waals surface area contributed by atoms with Crippen molar-refractivity contribution < 1.29 is 9.90 Å². The molecule has 0 radical (unpaired) electrons. The zero-order chi connectivity index (χ0) is 9.42. The molecular weight excluding hydrogens is 186 g/mol. The van der Waals surface area contributed by atoms with E-state index in [1.54, 1.807) is 18.2 Å². The quantitative estimate of drug-likeness (QED) is 0.756. The van der Waals surface area contributed by atoms with Crippen molar-refractivity contribution in [2.24, 2.45) is 0 Å². The summed E-state index contributed by atoms with van der Waals surface area (Å²) in [5.74, 6) is -0.896. The standard InChI is InChI=1S/C9H7NO2S/c1-5-7-4-6(9(11)12)2-3-8(7)10-13-5/h2-4H,1H3,(H,11,12). The summed E-state index contributed by atoms with van der Waals surface area (Å²) in [4.78, 5) is 11.7. The van der Waals surface area contributed by atoms with Gasteiger partial charge in [-0.1, -0.05) is 0 Å². The van der Waals surface area contributed by atoms with E-state index < -0.39 is 5.97 Å². The van der Waals surface area contributed by atoms with Gasteiger partial charge in [-0.2, -0.15) is 4.37 Å². The Kier molecular flexibility index (Phi) is 1.77. The lowest BCUT2D eigenvalue weighted by Gasteiger charge is -1.93. The molecule has 0 atom stereocenters. The smallest absolute Gasteiger partial charge is 0.335 e. The number of hydrogen-bond acceptors (Lipinski definition) is 3. The van der Waals surface area contributed by atoms with Crippen LogP contribution in [0.5, 0.6) is 0 Å². The predicted molar refractivity (Wildman–Crippen MR) is 51.3 cm³/mol. The average Bonchev–Trinajstić information content (AvgIpc) is 2.47. The van der Waals surface area contributed by atoms with Crippen LogP contribution >= 0.6 is 11.5 Å². The van der Waals surface area contributed by atoms with Crippen LogP contribution in [0.3, 0.4) is 0 Å². The van der Waals surface area contributed by atoms with Gasteiger partial charge in [0, 0.05) is 10.3 Å². The third-order valence-electron chi connectivity index (χ3n) is 1.90. The number of nitrogens with zero attached hydrogens (tertiary/aromatic N) is 1. The summed E-state index contributed by atoms with van der Waals surface area (Å²) >= 11 is 1.40. The first-order valence-electron chi connectivity index (χ1n) is 3.78. The van der Waals surface area contributed by atoms with Crippen molar-refractivity contribution in [3.63, 3.8) is 0 Å². The second kappa shape index (κ2) is 2.81. The van der Waals surface area contributed by atoms with Crippen LogP contribution in [0.25, 0.3) is 10.9 Å². The van der Waals surface area contributed by atoms with Crippen molar-refractivity contribution in [3.05, 3.63) is 28.6 Å². The van der Waals surface area contributed by atoms with Gasteiger partial charge in [-0.3, -0.25) is 0 Å². The van der Waals surface area contributed by atoms with E-state index >= 15 is 0 Å². The number of carboxylic acid groups (broad SMARTS) is 1. The first kappa shape index (κ1) is 8.19. The van der Waals surface area contributed by atoms with E-state index in [4.69, 9.17) is 5.11 Å². The van der Waals surface area contributed by atoms with Gasteiger partial charge in [-0.25, -0.2) is 4.79 Å². The van der Waals surface area contributed by atoms with Gasteiger partial charge in [-0.05, 0) is 36.7 Å². The number of carbonyl (C=O) groups is 1. The Morgan fingerprint density at radius 2 is 2.31 bits per heavy atom. The van der Waals surface area contributed by atoms with Crippen LogP contribution in [0.4, 0.5) is 0 Å². The fourth-order valence-corrected chi connectivity index (χ4v) is 1.85. The second-order valence-corrected chi connectivity index (χ2v) is 3.75. The molecule has 0 saturated carbocycles. The van der Waals surface area contributed by atoms with Gasteiger partial charge in [0.2, 0.25) is 0 Å². The Labute approximate surface area is 78.8 Å². The van der Waals surface area contributed by atoms with Crippen molar-refractivity contribution in [3.8, 4) is 0 Å². The molecule has 1 N–H and O–H groups in total. The number of hydrogen-bond donors (Lipinski definition) is 1. The molecule has 0 unspecified atom stereocenters. The zero-order valence-electron chi connectivity index (χ0n) is 6.94. The van der Waals surface area contributed by atoms with Gasteiger partial charge >= 0.3 is 5.97 Å². The Bertz CT molecular complexity index is 475. The van der Waals surface area contributed by atoms with Crippen molar-refractivity contribution in [1.82, 2.24) is 4.37 Å². The van der Waals surface area contributed by atoms with Crippen molar-refractivity contribution in [1.29, 1.82) is 0 Å². The van der Waals surface area contributed by atoms with E-state index in [2.05, 4.69) is 4.37 Å². The molecule has 0 aliphatic rings. The molecule has 0 amide bonds. The molecule has 0 aliphatic carbocycles. The summed E-state index contributed by atoms with van der Waals surface area (Å²) in [7, 11) is 0. The average molecular weight is 193 g/mol. The first-order chi connectivity index (χ1) is 6.18. The number of aromatic carboxylic acids is 1. The maximum atomic E-state index is 10.7. The molecule has 0 bridgehead atoms. The lowest BCUT2D eigenvalue weighted by Crippen LogP contribution is -1.94. The van der Waals surface area contributed by atoms with E-state index in [0.29, 0.717) is 5.56 Å². The Balaban J connectivity index is 2.72. The molecule has 1 heterocycles. The SMILES string of the molecule is Cc1snc2ccc(C(=O)O)cc12. The van der Waals surface area contributed by atoms with Crippen LogP contribution in [-0.2, 0) is 0 Å². The van der Waals surface area contributed by atoms with Crippen LogP contribution in [0.15, 0.2) is 18.2 Å². The monoisotopic (exact) mass is 193 g/mol. The fourth-order valence-electron chi connectivity index (χ4n) is 1.20. The summed E-state index contributed by atoms with van der Waals surface area (Å²) in [6, 6.07) is 4.97. The normalized spacial score (nSPS) is 10.5. The van der Waals surface area contributed by atoms with Gasteiger partial charge in [0.25, 0.3) is 0 Å². The summed E-state index contributed by atoms with van der Waals surface area (Å²) in [6.45, 7) is 1.94. The van der Waals surface area contributed by atoms with Crippen LogP contribution in [0.1, 0.15) is 15.2 Å². The predicted octanol–water partition coefficient (Wildman–Crippen LogP) is 2.30. The van der Waals surface area contributed by atoms with Crippen molar-refractivity contribution in [2.45, 2.75) is 6.92 Å². The van der Waals surface area contributed by atoms with Gasteiger partial charge < -0.3 is 5.11 Å². The highest BCUT2D eigenvalue weighted by atomic mass is 32.1. The lowest BCUT2D eigenvalue weighted by atomic mass is 10.1. The topological polar surface area (TPSA) is 50.2 Å². The highest BCUT2D eigenvalue weighted by Crippen LogP contribution is 2.22. The number of aryl methyl sites for hydroxylation is 1. The molecule has 13 heavy (non-hydrogen) atoms. The molecular formula is C9H7NO2S. The van der Waals surface area contributed by atoms with Gasteiger partial charge in [0.15, 0.2) is 0 Å². The van der Waals surface area contributed by atoms with E-state index in [1.807, 2.05) is 6.92 Å². The van der Waals surface area contributed by atoms with Crippen LogP contribution in [0.2, 0.25) is 0 Å². The molecule has 1 aromatic carbocycles. The van der Waals surface area contributed by atoms with E-state index in [-0.39, 0.29) is 0 Å². The maximum Gasteiger partial charge on any atom is 0.335 e. The van der Waals surface area contributed by atoms with Crippen LogP contribution < -0.4 is 0 Å². The summed E-state index contributed by atoms with van der Waals surface area (Å²) < 4.78 is 4.17. The molecule has 0 spiro atoms. The third-order valence-corrected chi connectivity index (χ3v) is 2.69. The molecule has 2 aromatic rings. The highest BCUT2D eigenvalue weighted by Gasteiger charge is 2.06. The molecule has 0 fully saturated rings.